The van der Waals surface area contributed by atoms with Gasteiger partial charge in [0.05, 0.1) is 0 Å². The van der Waals surface area contributed by atoms with Gasteiger partial charge in [0.25, 0.3) is 5.91 Å². The summed E-state index contributed by atoms with van der Waals surface area (Å²) in [6.45, 7) is 1.88. The van der Waals surface area contributed by atoms with E-state index in [0.29, 0.717) is 33.9 Å². The van der Waals surface area contributed by atoms with E-state index < -0.39 is 5.91 Å². The zero-order chi connectivity index (χ0) is 15.7. The van der Waals surface area contributed by atoms with Crippen LogP contribution in [-0.4, -0.2) is 18.6 Å². The van der Waals surface area contributed by atoms with Crippen LogP contribution in [0, 0.1) is 6.92 Å². The van der Waals surface area contributed by atoms with Gasteiger partial charge in [0.15, 0.2) is 11.5 Å². The van der Waals surface area contributed by atoms with E-state index in [1.807, 2.05) is 0 Å². The molecule has 3 N–H and O–H groups in total. The average molecular weight is 298 g/mol. The van der Waals surface area contributed by atoms with Crippen molar-refractivity contribution in [3.05, 3.63) is 53.1 Å². The molecule has 0 bridgehead atoms. The predicted molar refractivity (Wildman–Crippen MR) is 80.2 cm³/mol. The molecule has 0 aromatic heterocycles. The van der Waals surface area contributed by atoms with Gasteiger partial charge in [-0.05, 0) is 42.8 Å². The molecule has 0 radical (unpaired) electrons. The topological polar surface area (TPSA) is 90.7 Å². The Morgan fingerprint density at radius 2 is 1.91 bits per heavy atom. The van der Waals surface area contributed by atoms with E-state index in [1.54, 1.807) is 43.3 Å². The second-order valence-corrected chi connectivity index (χ2v) is 4.86. The van der Waals surface area contributed by atoms with Crippen molar-refractivity contribution < 1.29 is 19.1 Å². The Morgan fingerprint density at radius 3 is 2.68 bits per heavy atom. The first-order valence-corrected chi connectivity index (χ1v) is 6.66. The number of carbonyl (C=O) groups excluding carboxylic acids is 2. The fourth-order valence-electron chi connectivity index (χ4n) is 2.27. The van der Waals surface area contributed by atoms with Crippen LogP contribution < -0.4 is 20.5 Å². The van der Waals surface area contributed by atoms with Crippen LogP contribution in [0.3, 0.4) is 0 Å². The number of amides is 2. The van der Waals surface area contributed by atoms with Crippen LogP contribution in [0.4, 0.5) is 5.69 Å². The molecule has 2 aromatic rings. The maximum absolute atomic E-state index is 12.3. The number of fused-ring (bicyclic) bond motifs is 1. The van der Waals surface area contributed by atoms with Gasteiger partial charge in [-0.2, -0.15) is 0 Å². The summed E-state index contributed by atoms with van der Waals surface area (Å²) in [6.07, 6.45) is 0. The molecule has 0 unspecified atom stereocenters. The largest absolute Gasteiger partial charge is 0.454 e. The summed E-state index contributed by atoms with van der Waals surface area (Å²) in [7, 11) is 0. The molecule has 6 nitrogen and oxygen atoms in total. The van der Waals surface area contributed by atoms with Crippen LogP contribution in [0.15, 0.2) is 36.4 Å². The lowest BCUT2D eigenvalue weighted by atomic mass is 10.1. The molecule has 112 valence electrons. The van der Waals surface area contributed by atoms with Crippen LogP contribution >= 0.6 is 0 Å². The Hall–Kier alpha value is -3.02. The summed E-state index contributed by atoms with van der Waals surface area (Å²) in [6, 6.07) is 9.95. The van der Waals surface area contributed by atoms with Crippen molar-refractivity contribution >= 4 is 17.5 Å². The van der Waals surface area contributed by atoms with Crippen LogP contribution in [0.25, 0.3) is 0 Å². The van der Waals surface area contributed by atoms with Crippen molar-refractivity contribution in [2.45, 2.75) is 6.92 Å². The van der Waals surface area contributed by atoms with Crippen LogP contribution in [0.2, 0.25) is 0 Å². The van der Waals surface area contributed by atoms with E-state index >= 15 is 0 Å². The predicted octanol–water partition coefficient (Wildman–Crippen LogP) is 2.07. The number of anilines is 1. The number of hydrogen-bond acceptors (Lipinski definition) is 4. The molecule has 6 heteroatoms. The number of primary amides is 1. The zero-order valence-electron chi connectivity index (χ0n) is 11.9. The minimum absolute atomic E-state index is 0.153. The van der Waals surface area contributed by atoms with Crippen molar-refractivity contribution in [1.29, 1.82) is 0 Å². The van der Waals surface area contributed by atoms with E-state index in [-0.39, 0.29) is 12.7 Å². The maximum atomic E-state index is 12.3. The molecular weight excluding hydrogens is 284 g/mol. The third-order valence-electron chi connectivity index (χ3n) is 3.48. The Kier molecular flexibility index (Phi) is 3.42. The molecule has 22 heavy (non-hydrogen) atoms. The number of benzene rings is 2. The molecule has 2 amide bonds. The normalized spacial score (nSPS) is 12.0. The number of nitrogens with one attached hydrogen (secondary N) is 1. The number of hydrogen-bond donors (Lipinski definition) is 2. The highest BCUT2D eigenvalue weighted by molar-refractivity contribution is 6.06. The maximum Gasteiger partial charge on any atom is 0.255 e. The van der Waals surface area contributed by atoms with E-state index in [9.17, 15) is 9.59 Å². The number of carbonyl (C=O) groups is 2. The van der Waals surface area contributed by atoms with Crippen LogP contribution in [0.5, 0.6) is 11.5 Å². The van der Waals surface area contributed by atoms with Gasteiger partial charge in [-0.1, -0.05) is 6.07 Å². The first kappa shape index (κ1) is 13.9. The molecule has 0 saturated heterocycles. The molecule has 0 atom stereocenters. The molecular formula is C16H14N2O4. The van der Waals surface area contributed by atoms with Crippen molar-refractivity contribution in [3.8, 4) is 11.5 Å². The minimum atomic E-state index is -0.531. The summed E-state index contributed by atoms with van der Waals surface area (Å²) < 4.78 is 10.5. The van der Waals surface area contributed by atoms with E-state index in [2.05, 4.69) is 5.32 Å². The standard InChI is InChI=1S/C16H14N2O4/c1-9-11(15(17)19)3-2-4-12(9)18-16(20)10-5-6-13-14(7-10)22-8-21-13/h2-7H,8H2,1H3,(H2,17,19)(H,18,20). The summed E-state index contributed by atoms with van der Waals surface area (Å²) in [5, 5.41) is 2.77. The van der Waals surface area contributed by atoms with Gasteiger partial charge in [0, 0.05) is 16.8 Å². The monoisotopic (exact) mass is 298 g/mol. The Balaban J connectivity index is 1.86. The lowest BCUT2D eigenvalue weighted by Crippen LogP contribution is -2.16. The fraction of sp³-hybridized carbons (Fsp3) is 0.125. The third-order valence-corrected chi connectivity index (χ3v) is 3.48. The van der Waals surface area contributed by atoms with Crippen molar-refractivity contribution in [2.75, 3.05) is 12.1 Å². The number of ether oxygens (including phenoxy) is 2. The SMILES string of the molecule is Cc1c(NC(=O)c2ccc3c(c2)OCO3)cccc1C(N)=O. The summed E-state index contributed by atoms with van der Waals surface area (Å²) in [5.74, 6) is 0.318. The minimum Gasteiger partial charge on any atom is -0.454 e. The molecule has 1 aliphatic rings. The molecule has 1 aliphatic heterocycles. The fourth-order valence-corrected chi connectivity index (χ4v) is 2.27. The summed E-state index contributed by atoms with van der Waals surface area (Å²) in [4.78, 5) is 23.7. The molecule has 1 heterocycles. The second-order valence-electron chi connectivity index (χ2n) is 4.86. The van der Waals surface area contributed by atoms with E-state index in [1.165, 1.54) is 0 Å². The van der Waals surface area contributed by atoms with Gasteiger partial charge < -0.3 is 20.5 Å². The first-order valence-electron chi connectivity index (χ1n) is 6.66. The molecule has 3 rings (SSSR count). The van der Waals surface area contributed by atoms with Crippen LogP contribution in [0.1, 0.15) is 26.3 Å². The zero-order valence-corrected chi connectivity index (χ0v) is 11.9. The Morgan fingerprint density at radius 1 is 1.14 bits per heavy atom. The van der Waals surface area contributed by atoms with Crippen molar-refractivity contribution in [1.82, 2.24) is 0 Å². The average Bonchev–Trinajstić information content (AvgIpc) is 2.96. The molecule has 0 fully saturated rings. The summed E-state index contributed by atoms with van der Waals surface area (Å²) >= 11 is 0. The molecule has 2 aromatic carbocycles. The molecule has 0 saturated carbocycles. The van der Waals surface area contributed by atoms with E-state index in [0.717, 1.165) is 0 Å². The van der Waals surface area contributed by atoms with Gasteiger partial charge in [-0.25, -0.2) is 0 Å². The van der Waals surface area contributed by atoms with Gasteiger partial charge >= 0.3 is 0 Å². The third kappa shape index (κ3) is 2.46. The highest BCUT2D eigenvalue weighted by atomic mass is 16.7. The molecule has 0 spiro atoms. The summed E-state index contributed by atoms with van der Waals surface area (Å²) in [5.41, 5.74) is 7.29. The highest BCUT2D eigenvalue weighted by Gasteiger charge is 2.17. The smallest absolute Gasteiger partial charge is 0.255 e. The van der Waals surface area contributed by atoms with Crippen LogP contribution in [-0.2, 0) is 0 Å². The van der Waals surface area contributed by atoms with Gasteiger partial charge in [0.1, 0.15) is 0 Å². The second kappa shape index (κ2) is 5.40. The van der Waals surface area contributed by atoms with E-state index in [4.69, 9.17) is 15.2 Å². The highest BCUT2D eigenvalue weighted by Crippen LogP contribution is 2.32. The van der Waals surface area contributed by atoms with Gasteiger partial charge in [0.2, 0.25) is 12.7 Å². The van der Waals surface area contributed by atoms with Gasteiger partial charge in [-0.3, -0.25) is 9.59 Å². The molecule has 0 aliphatic carbocycles. The Labute approximate surface area is 126 Å². The Bertz CT molecular complexity index is 771. The van der Waals surface area contributed by atoms with Gasteiger partial charge in [-0.15, -0.1) is 0 Å². The van der Waals surface area contributed by atoms with Crippen molar-refractivity contribution in [2.24, 2.45) is 5.73 Å². The lowest BCUT2D eigenvalue weighted by molar-refractivity contribution is 0.0995. The number of nitrogens with two attached hydrogens (primary N) is 1. The lowest BCUT2D eigenvalue weighted by Gasteiger charge is -2.11. The first-order chi connectivity index (χ1) is 10.6. The number of rotatable bonds is 3. The van der Waals surface area contributed by atoms with Crippen molar-refractivity contribution in [3.63, 3.8) is 0 Å². The quantitative estimate of drug-likeness (QED) is 0.907.